The fraction of sp³-hybridized carbons (Fsp3) is 0.355. The van der Waals surface area contributed by atoms with Gasteiger partial charge in [0, 0.05) is 16.9 Å². The first-order chi connectivity index (χ1) is 20.4. The van der Waals surface area contributed by atoms with Gasteiger partial charge >= 0.3 is 12.1 Å². The summed E-state index contributed by atoms with van der Waals surface area (Å²) in [5.74, 6) is 0.423. The van der Waals surface area contributed by atoms with Gasteiger partial charge in [0.1, 0.15) is 16.4 Å². The molecule has 0 spiro atoms. The molecule has 3 aromatic rings. The summed E-state index contributed by atoms with van der Waals surface area (Å²) in [6, 6.07) is 15.0. The lowest BCUT2D eigenvalue weighted by Crippen LogP contribution is -2.47. The van der Waals surface area contributed by atoms with Crippen LogP contribution >= 0.6 is 23.2 Å². The van der Waals surface area contributed by atoms with Gasteiger partial charge in [-0.15, -0.1) is 0 Å². The molecule has 0 saturated carbocycles. The van der Waals surface area contributed by atoms with Crippen molar-refractivity contribution < 1.29 is 27.5 Å². The Morgan fingerprint density at radius 2 is 1.45 bits per heavy atom. The van der Waals surface area contributed by atoms with Crippen LogP contribution in [0.5, 0.6) is 5.75 Å². The van der Waals surface area contributed by atoms with Gasteiger partial charge < -0.3 is 25.4 Å². The zero-order valence-electron chi connectivity index (χ0n) is 25.7. The average molecular weight is 666 g/mol. The van der Waals surface area contributed by atoms with Crippen molar-refractivity contribution in [2.45, 2.75) is 70.0 Å². The highest BCUT2D eigenvalue weighted by molar-refractivity contribution is 7.92. The third-order valence-corrected chi connectivity index (χ3v) is 8.50. The van der Waals surface area contributed by atoms with Crippen molar-refractivity contribution in [3.05, 3.63) is 81.8 Å². The second-order valence-corrected chi connectivity index (χ2v) is 14.3. The Balaban J connectivity index is 1.58. The number of nitrogens with one attached hydrogen (secondary N) is 4. The maximum atomic E-state index is 13.0. The molecule has 3 aromatic carbocycles. The molecule has 0 radical (unpaired) electrons. The van der Waals surface area contributed by atoms with Gasteiger partial charge in [-0.3, -0.25) is 4.72 Å². The van der Waals surface area contributed by atoms with E-state index in [9.17, 15) is 18.0 Å². The Labute approximate surface area is 268 Å². The molecule has 3 rings (SSSR count). The van der Waals surface area contributed by atoms with E-state index in [1.807, 2.05) is 13.8 Å². The molecule has 44 heavy (non-hydrogen) atoms. The maximum absolute atomic E-state index is 13.0. The summed E-state index contributed by atoms with van der Waals surface area (Å²) in [5.41, 5.74) is 1.07. The van der Waals surface area contributed by atoms with E-state index in [0.29, 0.717) is 29.1 Å². The normalized spacial score (nSPS) is 12.6. The number of alkyl carbamates (subject to hydrolysis) is 1. The highest BCUT2D eigenvalue weighted by Gasteiger charge is 2.25. The van der Waals surface area contributed by atoms with E-state index >= 15 is 0 Å². The fourth-order valence-electron chi connectivity index (χ4n) is 4.24. The lowest BCUT2D eigenvalue weighted by Gasteiger charge is -2.28. The van der Waals surface area contributed by atoms with Gasteiger partial charge in [-0.25, -0.2) is 18.0 Å². The number of hydrogen-bond acceptors (Lipinski definition) is 6. The van der Waals surface area contributed by atoms with E-state index in [1.54, 1.807) is 64.1 Å². The first-order valence-corrected chi connectivity index (χ1v) is 16.0. The number of rotatable bonds is 10. The van der Waals surface area contributed by atoms with Crippen molar-refractivity contribution in [1.29, 1.82) is 0 Å². The zero-order valence-corrected chi connectivity index (χ0v) is 28.0. The van der Waals surface area contributed by atoms with Crippen LogP contribution in [0, 0.1) is 0 Å². The molecule has 0 aliphatic carbocycles. The molecule has 0 aromatic heterocycles. The summed E-state index contributed by atoms with van der Waals surface area (Å²) in [7, 11) is -2.42. The monoisotopic (exact) mass is 664 g/mol. The number of urea groups is 1. The van der Waals surface area contributed by atoms with Crippen LogP contribution in [0.15, 0.2) is 65.6 Å². The number of hydrogen-bond donors (Lipinski definition) is 4. The molecule has 238 valence electrons. The zero-order chi connectivity index (χ0) is 32.9. The van der Waals surface area contributed by atoms with Crippen molar-refractivity contribution in [2.24, 2.45) is 0 Å². The van der Waals surface area contributed by atoms with Crippen molar-refractivity contribution >= 4 is 56.7 Å². The second-order valence-electron chi connectivity index (χ2n) is 11.8. The van der Waals surface area contributed by atoms with Crippen LogP contribution in [-0.2, 0) is 21.2 Å². The number of methoxy groups -OCH3 is 1. The number of ether oxygens (including phenoxy) is 2. The molecule has 13 heteroatoms. The molecule has 0 unspecified atom stereocenters. The number of benzene rings is 3. The number of sulfonamides is 1. The summed E-state index contributed by atoms with van der Waals surface area (Å²) >= 11 is 12.6. The average Bonchev–Trinajstić information content (AvgIpc) is 2.89. The van der Waals surface area contributed by atoms with Crippen LogP contribution in [0.3, 0.4) is 0 Å². The van der Waals surface area contributed by atoms with Crippen LogP contribution in [0.2, 0.25) is 10.0 Å². The minimum atomic E-state index is -3.90. The van der Waals surface area contributed by atoms with E-state index in [0.717, 1.165) is 5.56 Å². The number of carbonyl (C=O) groups is 2. The van der Waals surface area contributed by atoms with Crippen LogP contribution in [0.25, 0.3) is 0 Å². The largest absolute Gasteiger partial charge is 0.495 e. The molecule has 3 amide bonds. The molecule has 0 saturated heterocycles. The van der Waals surface area contributed by atoms with Crippen LogP contribution in [0.1, 0.15) is 58.7 Å². The Morgan fingerprint density at radius 3 is 2.02 bits per heavy atom. The van der Waals surface area contributed by atoms with Crippen LogP contribution < -0.4 is 25.4 Å². The highest BCUT2D eigenvalue weighted by Crippen LogP contribution is 2.37. The minimum absolute atomic E-state index is 0.0169. The smallest absolute Gasteiger partial charge is 0.408 e. The Morgan fingerprint density at radius 1 is 0.864 bits per heavy atom. The highest BCUT2D eigenvalue weighted by atomic mass is 35.5. The molecule has 1 atom stereocenters. The first-order valence-electron chi connectivity index (χ1n) is 13.7. The topological polar surface area (TPSA) is 135 Å². The predicted molar refractivity (Wildman–Crippen MR) is 174 cm³/mol. The number of carbonyl (C=O) groups excluding carboxylic acids is 2. The molecule has 0 aliphatic heterocycles. The predicted octanol–water partition coefficient (Wildman–Crippen LogP) is 7.53. The Hall–Kier alpha value is -3.67. The number of halogens is 2. The SMILES string of the molecule is COc1ccc([C@H](C)NC(=O)Nc2ccc(S(=O)(=O)Nc3ccc(CC(C)(C)NC(=O)OC(C)(C)C)cc3)cc2)c(Cl)c1Cl. The summed E-state index contributed by atoms with van der Waals surface area (Å²) in [6.45, 7) is 10.9. The van der Waals surface area contributed by atoms with E-state index < -0.39 is 39.3 Å². The quantitative estimate of drug-likeness (QED) is 0.177. The third kappa shape index (κ3) is 9.93. The number of anilines is 2. The molecule has 10 nitrogen and oxygen atoms in total. The lowest BCUT2D eigenvalue weighted by atomic mass is 9.95. The number of amides is 3. The van der Waals surface area contributed by atoms with Crippen LogP contribution in [0.4, 0.5) is 21.0 Å². The van der Waals surface area contributed by atoms with Gasteiger partial charge in [-0.2, -0.15) is 0 Å². The first kappa shape index (κ1) is 34.8. The van der Waals surface area contributed by atoms with Crippen molar-refractivity contribution in [3.8, 4) is 5.75 Å². The second kappa shape index (κ2) is 14.0. The van der Waals surface area contributed by atoms with Gasteiger partial charge in [0.05, 0.1) is 23.1 Å². The molecular formula is C31H38Cl2N4O6S. The summed E-state index contributed by atoms with van der Waals surface area (Å²) in [5, 5.41) is 8.83. The van der Waals surface area contributed by atoms with Crippen LogP contribution in [-0.4, -0.2) is 38.8 Å². The van der Waals surface area contributed by atoms with E-state index in [4.69, 9.17) is 32.7 Å². The fourth-order valence-corrected chi connectivity index (χ4v) is 5.86. The summed E-state index contributed by atoms with van der Waals surface area (Å²) in [4.78, 5) is 24.8. The van der Waals surface area contributed by atoms with E-state index in [1.165, 1.54) is 31.4 Å². The molecule has 0 fully saturated rings. The van der Waals surface area contributed by atoms with Crippen molar-refractivity contribution in [1.82, 2.24) is 10.6 Å². The molecule has 0 heterocycles. The Bertz CT molecular complexity index is 1590. The summed E-state index contributed by atoms with van der Waals surface area (Å²) in [6.07, 6.45) is -0.00633. The summed E-state index contributed by atoms with van der Waals surface area (Å²) < 4.78 is 39.0. The molecule has 0 bridgehead atoms. The van der Waals surface area contributed by atoms with Gasteiger partial charge in [0.15, 0.2) is 0 Å². The molecule has 4 N–H and O–H groups in total. The minimum Gasteiger partial charge on any atom is -0.495 e. The maximum Gasteiger partial charge on any atom is 0.408 e. The standard InChI is InChI=1S/C31H38Cl2N4O6S/c1-19(24-16-17-25(42-7)27(33)26(24)32)34-28(38)35-21-12-14-23(15-13-21)44(40,41)37-22-10-8-20(9-11-22)18-31(5,6)36-29(39)43-30(2,3)4/h8-17,19,37H,18H2,1-7H3,(H,36,39)(H2,34,35,38)/t19-/m0/s1. The van der Waals surface area contributed by atoms with E-state index in [-0.39, 0.29) is 14.9 Å². The van der Waals surface area contributed by atoms with Crippen molar-refractivity contribution in [2.75, 3.05) is 17.1 Å². The van der Waals surface area contributed by atoms with Crippen molar-refractivity contribution in [3.63, 3.8) is 0 Å². The van der Waals surface area contributed by atoms with E-state index in [2.05, 4.69) is 20.7 Å². The Kier molecular flexibility index (Phi) is 11.0. The van der Waals surface area contributed by atoms with Gasteiger partial charge in [0.2, 0.25) is 0 Å². The molecular weight excluding hydrogens is 627 g/mol. The molecule has 0 aliphatic rings. The van der Waals surface area contributed by atoms with Gasteiger partial charge in [-0.05, 0) is 102 Å². The van der Waals surface area contributed by atoms with Gasteiger partial charge in [-0.1, -0.05) is 41.4 Å². The lowest BCUT2D eigenvalue weighted by molar-refractivity contribution is 0.0472. The van der Waals surface area contributed by atoms with Gasteiger partial charge in [0.25, 0.3) is 10.0 Å². The third-order valence-electron chi connectivity index (χ3n) is 6.22.